The van der Waals surface area contributed by atoms with E-state index in [0.717, 1.165) is 0 Å². The number of amides is 1. The van der Waals surface area contributed by atoms with Crippen molar-refractivity contribution < 1.29 is 19.4 Å². The van der Waals surface area contributed by atoms with E-state index >= 15 is 0 Å². The summed E-state index contributed by atoms with van der Waals surface area (Å²) in [5, 5.41) is 9.42. The lowest BCUT2D eigenvalue weighted by Gasteiger charge is -2.34. The van der Waals surface area contributed by atoms with E-state index in [0.29, 0.717) is 56.0 Å². The molecule has 0 bridgehead atoms. The van der Waals surface area contributed by atoms with Crippen LogP contribution in [-0.2, 0) is 4.74 Å². The first-order valence-corrected chi connectivity index (χ1v) is 6.99. The molecule has 1 aliphatic rings. The SMILES string of the molecule is COCCOc1cnc(N2CCN(C(=O)O)CC2)c(Cl)c1. The van der Waals surface area contributed by atoms with Crippen LogP contribution >= 0.6 is 11.6 Å². The second kappa shape index (κ2) is 7.33. The molecule has 1 aromatic rings. The zero-order valence-electron chi connectivity index (χ0n) is 11.8. The van der Waals surface area contributed by atoms with Gasteiger partial charge < -0.3 is 24.4 Å². The number of ether oxygens (including phenoxy) is 2. The van der Waals surface area contributed by atoms with Gasteiger partial charge in [-0.1, -0.05) is 11.6 Å². The maximum absolute atomic E-state index is 10.9. The molecule has 7 nitrogen and oxygen atoms in total. The van der Waals surface area contributed by atoms with E-state index < -0.39 is 6.09 Å². The second-order valence-electron chi connectivity index (χ2n) is 4.57. The average molecular weight is 316 g/mol. The maximum atomic E-state index is 10.9. The fraction of sp³-hybridized carbons (Fsp3) is 0.538. The van der Waals surface area contributed by atoms with E-state index in [-0.39, 0.29) is 0 Å². The van der Waals surface area contributed by atoms with Crippen molar-refractivity contribution in [3.8, 4) is 5.75 Å². The number of piperazine rings is 1. The number of halogens is 1. The van der Waals surface area contributed by atoms with E-state index in [4.69, 9.17) is 26.2 Å². The van der Waals surface area contributed by atoms with Crippen molar-refractivity contribution >= 4 is 23.5 Å². The third-order valence-electron chi connectivity index (χ3n) is 3.20. The van der Waals surface area contributed by atoms with Crippen molar-refractivity contribution in [3.05, 3.63) is 17.3 Å². The van der Waals surface area contributed by atoms with Crippen molar-refractivity contribution in [1.29, 1.82) is 0 Å². The lowest BCUT2D eigenvalue weighted by molar-refractivity contribution is 0.142. The van der Waals surface area contributed by atoms with Crippen LogP contribution in [0.5, 0.6) is 5.75 Å². The van der Waals surface area contributed by atoms with Crippen LogP contribution < -0.4 is 9.64 Å². The summed E-state index contributed by atoms with van der Waals surface area (Å²) in [7, 11) is 1.61. The number of carbonyl (C=O) groups is 1. The van der Waals surface area contributed by atoms with E-state index in [1.54, 1.807) is 19.4 Å². The van der Waals surface area contributed by atoms with E-state index in [1.165, 1.54) is 4.90 Å². The van der Waals surface area contributed by atoms with Crippen LogP contribution in [0.3, 0.4) is 0 Å². The van der Waals surface area contributed by atoms with Crippen LogP contribution in [0.25, 0.3) is 0 Å². The van der Waals surface area contributed by atoms with Gasteiger partial charge in [0, 0.05) is 39.4 Å². The maximum Gasteiger partial charge on any atom is 0.407 e. The van der Waals surface area contributed by atoms with Crippen molar-refractivity contribution in [3.63, 3.8) is 0 Å². The lowest BCUT2D eigenvalue weighted by Crippen LogP contribution is -2.48. The fourth-order valence-corrected chi connectivity index (χ4v) is 2.35. The Morgan fingerprint density at radius 3 is 2.67 bits per heavy atom. The lowest BCUT2D eigenvalue weighted by atomic mass is 10.3. The Bertz CT molecular complexity index is 492. The molecule has 0 radical (unpaired) electrons. The largest absolute Gasteiger partial charge is 0.490 e. The Kier molecular flexibility index (Phi) is 5.46. The minimum absolute atomic E-state index is 0.436. The molecule has 1 saturated heterocycles. The smallest absolute Gasteiger partial charge is 0.407 e. The first-order chi connectivity index (χ1) is 10.1. The molecule has 1 aliphatic heterocycles. The number of aromatic nitrogens is 1. The van der Waals surface area contributed by atoms with Crippen LogP contribution in [0, 0.1) is 0 Å². The van der Waals surface area contributed by atoms with Crippen molar-refractivity contribution in [1.82, 2.24) is 9.88 Å². The number of hydrogen-bond acceptors (Lipinski definition) is 5. The van der Waals surface area contributed by atoms with Gasteiger partial charge in [-0.15, -0.1) is 0 Å². The molecule has 0 atom stereocenters. The third-order valence-corrected chi connectivity index (χ3v) is 3.48. The van der Waals surface area contributed by atoms with Crippen LogP contribution in [0.1, 0.15) is 0 Å². The predicted molar refractivity (Wildman–Crippen MR) is 78.4 cm³/mol. The Hall–Kier alpha value is -1.73. The Morgan fingerprint density at radius 2 is 2.10 bits per heavy atom. The van der Waals surface area contributed by atoms with Gasteiger partial charge in [-0.25, -0.2) is 9.78 Å². The quantitative estimate of drug-likeness (QED) is 0.831. The minimum Gasteiger partial charge on any atom is -0.490 e. The summed E-state index contributed by atoms with van der Waals surface area (Å²) >= 11 is 6.23. The Balaban J connectivity index is 1.96. The number of nitrogens with zero attached hydrogens (tertiary/aromatic N) is 3. The minimum atomic E-state index is -0.893. The molecule has 1 aromatic heterocycles. The fourth-order valence-electron chi connectivity index (χ4n) is 2.08. The van der Waals surface area contributed by atoms with Crippen LogP contribution in [-0.4, -0.2) is 67.6 Å². The van der Waals surface area contributed by atoms with Crippen molar-refractivity contribution in [2.75, 3.05) is 51.4 Å². The van der Waals surface area contributed by atoms with Gasteiger partial charge in [-0.05, 0) is 0 Å². The van der Waals surface area contributed by atoms with Crippen LogP contribution in [0.15, 0.2) is 12.3 Å². The molecule has 1 amide bonds. The molecule has 1 N–H and O–H groups in total. The zero-order chi connectivity index (χ0) is 15.2. The number of rotatable bonds is 5. The highest BCUT2D eigenvalue weighted by atomic mass is 35.5. The van der Waals surface area contributed by atoms with Gasteiger partial charge in [-0.2, -0.15) is 0 Å². The van der Waals surface area contributed by atoms with Gasteiger partial charge in [0.1, 0.15) is 18.2 Å². The van der Waals surface area contributed by atoms with Crippen molar-refractivity contribution in [2.24, 2.45) is 0 Å². The van der Waals surface area contributed by atoms with Gasteiger partial charge in [0.2, 0.25) is 0 Å². The molecule has 116 valence electrons. The molecule has 2 rings (SSSR count). The standard InChI is InChI=1S/C13H18ClN3O4/c1-20-6-7-21-10-8-11(14)12(15-9-10)16-2-4-17(5-3-16)13(18)19/h8-9H,2-7H2,1H3,(H,18,19). The molecule has 0 aliphatic carbocycles. The highest BCUT2D eigenvalue weighted by Crippen LogP contribution is 2.27. The number of anilines is 1. The summed E-state index contributed by atoms with van der Waals surface area (Å²) in [4.78, 5) is 18.5. The second-order valence-corrected chi connectivity index (χ2v) is 4.98. The van der Waals surface area contributed by atoms with Gasteiger partial charge in [-0.3, -0.25) is 0 Å². The molecule has 0 saturated carbocycles. The van der Waals surface area contributed by atoms with Gasteiger partial charge in [0.25, 0.3) is 0 Å². The summed E-state index contributed by atoms with van der Waals surface area (Å²) in [5.41, 5.74) is 0. The highest BCUT2D eigenvalue weighted by Gasteiger charge is 2.22. The summed E-state index contributed by atoms with van der Waals surface area (Å²) in [6, 6.07) is 1.71. The van der Waals surface area contributed by atoms with Gasteiger partial charge in [0.05, 0.1) is 17.8 Å². The number of carboxylic acid groups (broad SMARTS) is 1. The summed E-state index contributed by atoms with van der Waals surface area (Å²) < 4.78 is 10.3. The van der Waals surface area contributed by atoms with Crippen LogP contribution in [0.4, 0.5) is 10.6 Å². The molecular weight excluding hydrogens is 298 g/mol. The molecule has 0 aromatic carbocycles. The van der Waals surface area contributed by atoms with E-state index in [1.807, 2.05) is 4.90 Å². The predicted octanol–water partition coefficient (Wildman–Crippen LogP) is 1.56. The molecule has 2 heterocycles. The Labute approximate surface area is 128 Å². The highest BCUT2D eigenvalue weighted by molar-refractivity contribution is 6.33. The van der Waals surface area contributed by atoms with Crippen LogP contribution in [0.2, 0.25) is 5.02 Å². The molecule has 0 spiro atoms. The molecular formula is C13H18ClN3O4. The number of hydrogen-bond donors (Lipinski definition) is 1. The van der Waals surface area contributed by atoms with Gasteiger partial charge >= 0.3 is 6.09 Å². The van der Waals surface area contributed by atoms with Crippen molar-refractivity contribution in [2.45, 2.75) is 0 Å². The normalized spacial score (nSPS) is 15.1. The van der Waals surface area contributed by atoms with Gasteiger partial charge in [0.15, 0.2) is 0 Å². The first-order valence-electron chi connectivity index (χ1n) is 6.62. The average Bonchev–Trinajstić information content (AvgIpc) is 2.48. The summed E-state index contributed by atoms with van der Waals surface area (Å²) in [5.74, 6) is 1.24. The van der Waals surface area contributed by atoms with E-state index in [9.17, 15) is 4.79 Å². The third kappa shape index (κ3) is 4.12. The number of methoxy groups -OCH3 is 1. The molecule has 1 fully saturated rings. The molecule has 21 heavy (non-hydrogen) atoms. The number of pyridine rings is 1. The van der Waals surface area contributed by atoms with E-state index in [2.05, 4.69) is 4.98 Å². The first kappa shape index (κ1) is 15.7. The molecule has 0 unspecified atom stereocenters. The topological polar surface area (TPSA) is 75.1 Å². The Morgan fingerprint density at radius 1 is 1.38 bits per heavy atom. The monoisotopic (exact) mass is 315 g/mol. The molecule has 8 heteroatoms. The zero-order valence-corrected chi connectivity index (χ0v) is 12.5. The summed E-state index contributed by atoms with van der Waals surface area (Å²) in [6.07, 6.45) is 0.719. The summed E-state index contributed by atoms with van der Waals surface area (Å²) in [6.45, 7) is 2.96.